The van der Waals surface area contributed by atoms with Crippen LogP contribution in [0.4, 0.5) is 9.93 Å². The van der Waals surface area contributed by atoms with Crippen molar-refractivity contribution in [3.63, 3.8) is 0 Å². The van der Waals surface area contributed by atoms with Gasteiger partial charge < -0.3 is 24.8 Å². The van der Waals surface area contributed by atoms with Gasteiger partial charge >= 0.3 is 6.09 Å². The highest BCUT2D eigenvalue weighted by molar-refractivity contribution is 8.01. The van der Waals surface area contributed by atoms with Crippen molar-refractivity contribution in [2.24, 2.45) is 5.16 Å². The van der Waals surface area contributed by atoms with Crippen LogP contribution in [0.5, 0.6) is 0 Å². The number of aromatic nitrogens is 4. The first-order valence-corrected chi connectivity index (χ1v) is 15.8. The molecule has 238 valence electrons. The molecule has 0 radical (unpaired) electrons. The number of hydrogen-bond acceptors (Lipinski definition) is 12. The number of nitrogens with zero attached hydrogens (tertiary/aromatic N) is 6. The summed E-state index contributed by atoms with van der Waals surface area (Å²) in [5.41, 5.74) is -1.69. The van der Waals surface area contributed by atoms with Gasteiger partial charge in [-0.05, 0) is 39.7 Å². The number of aliphatic carboxylic acids is 1. The molecule has 2 aliphatic rings. The molecular weight excluding hydrogens is 624 g/mol. The van der Waals surface area contributed by atoms with Crippen molar-refractivity contribution in [1.82, 2.24) is 24.1 Å². The van der Waals surface area contributed by atoms with E-state index in [2.05, 4.69) is 25.1 Å². The van der Waals surface area contributed by atoms with E-state index in [0.717, 1.165) is 11.5 Å². The number of anilines is 1. The smallest absolute Gasteiger partial charge is 0.414 e. The maximum absolute atomic E-state index is 13.9. The predicted octanol–water partition coefficient (Wildman–Crippen LogP) is 1.35. The first kappa shape index (κ1) is 31.9. The minimum Gasteiger partial charge on any atom is -0.543 e. The number of hydrogen-bond donors (Lipinski definition) is 2. The van der Waals surface area contributed by atoms with Crippen LogP contribution in [0, 0.1) is 0 Å². The van der Waals surface area contributed by atoms with Gasteiger partial charge in [-0.3, -0.25) is 19.8 Å². The molecule has 0 aliphatic carbocycles. The summed E-state index contributed by atoms with van der Waals surface area (Å²) in [5, 5.41) is 20.6. The largest absolute Gasteiger partial charge is 0.543 e. The zero-order chi connectivity index (χ0) is 32.7. The Morgan fingerprint density at radius 1 is 1.22 bits per heavy atom. The Morgan fingerprint density at radius 2 is 1.98 bits per heavy atom. The van der Waals surface area contributed by atoms with Gasteiger partial charge in [0.05, 0.1) is 17.4 Å². The van der Waals surface area contributed by atoms with Gasteiger partial charge in [0, 0.05) is 17.6 Å². The number of carbonyl (C=O) groups excluding carboxylic acids is 4. The number of carboxylic acid groups (broad SMARTS) is 1. The lowest BCUT2D eigenvalue weighted by atomic mass is 9.83. The van der Waals surface area contributed by atoms with Gasteiger partial charge in [0.1, 0.15) is 47.4 Å². The minimum atomic E-state index is -1.50. The molecule has 3 aromatic rings. The Morgan fingerprint density at radius 3 is 2.62 bits per heavy atom. The molecule has 15 nitrogen and oxygen atoms in total. The number of β-lactam (4-membered cyclic amide) rings is 1. The number of amides is 3. The van der Waals surface area contributed by atoms with Crippen LogP contribution in [0.1, 0.15) is 53.3 Å². The molecule has 2 N–H and O–H groups in total. The van der Waals surface area contributed by atoms with Crippen molar-refractivity contribution < 1.29 is 38.3 Å². The van der Waals surface area contributed by atoms with Gasteiger partial charge in [0.15, 0.2) is 0 Å². The third kappa shape index (κ3) is 5.72. The van der Waals surface area contributed by atoms with Gasteiger partial charge in [-0.2, -0.15) is 13.9 Å². The number of pyridine rings is 1. The van der Waals surface area contributed by atoms with Crippen LogP contribution in [-0.2, 0) is 24.0 Å². The number of imidazole rings is 1. The molecule has 3 atom stereocenters. The quantitative estimate of drug-likeness (QED) is 0.148. The first-order valence-electron chi connectivity index (χ1n) is 14.0. The number of carboxylic acids is 1. The Hall–Kier alpha value is -4.51. The van der Waals surface area contributed by atoms with E-state index in [1.54, 1.807) is 44.7 Å². The number of nitrogens with one attached hydrogen (secondary N) is 2. The fourth-order valence-corrected chi connectivity index (χ4v) is 7.55. The van der Waals surface area contributed by atoms with E-state index < -0.39 is 40.4 Å². The molecule has 5 heterocycles. The van der Waals surface area contributed by atoms with Crippen molar-refractivity contribution in [3.05, 3.63) is 48.3 Å². The minimum absolute atomic E-state index is 0.0487. The van der Waals surface area contributed by atoms with Crippen LogP contribution in [-0.4, -0.2) is 77.3 Å². The van der Waals surface area contributed by atoms with E-state index in [1.165, 1.54) is 23.8 Å². The summed E-state index contributed by atoms with van der Waals surface area (Å²) >= 11 is 2.17. The van der Waals surface area contributed by atoms with Crippen LogP contribution < -0.4 is 20.1 Å². The molecule has 2 aliphatic heterocycles. The van der Waals surface area contributed by atoms with E-state index in [9.17, 15) is 24.3 Å². The molecule has 0 saturated carbocycles. The normalized spacial score (nSPS) is 21.7. The van der Waals surface area contributed by atoms with Gasteiger partial charge in [0.2, 0.25) is 16.7 Å². The SMILES string of the molecule is CCC1S[C@@H]2N(C(=O)[C@@]2(CC)NC(=O)/C(=N\OC)c2nsc(NC(=O)OC(C)(C)C)n2)C(C(=O)[O-])=C1n1cc[n+]2ccccc12. The van der Waals surface area contributed by atoms with E-state index in [1.807, 2.05) is 35.7 Å². The summed E-state index contributed by atoms with van der Waals surface area (Å²) in [6.07, 6.45) is 5.31. The predicted molar refractivity (Wildman–Crippen MR) is 163 cm³/mol. The number of rotatable bonds is 9. The summed E-state index contributed by atoms with van der Waals surface area (Å²) in [6.45, 7) is 8.77. The second kappa shape index (κ2) is 12.1. The van der Waals surface area contributed by atoms with Crippen molar-refractivity contribution in [1.29, 1.82) is 0 Å². The summed E-state index contributed by atoms with van der Waals surface area (Å²) in [5.74, 6) is -3.09. The molecule has 0 aromatic carbocycles. The standard InChI is InChI=1S/C28H32N8O7S2/c1-7-15-18(35-14-13-34-12-10-9-11-16(34)35)19(22(38)39)36-23(40)28(8-2,24(36)44-15)31-21(37)17(32-42-6)20-29-25(45-33-20)30-26(41)43-27(3,4)5/h9-15,24H,7-8H2,1-6H3,(H2-,29,30,31,33,37,38,39,41)/b32-17-/t15?,24-,28+/m0/s1. The molecule has 5 rings (SSSR count). The molecule has 17 heteroatoms. The van der Waals surface area contributed by atoms with Crippen molar-refractivity contribution in [2.45, 2.75) is 69.2 Å². The van der Waals surface area contributed by atoms with Crippen molar-refractivity contribution >= 4 is 69.4 Å². The van der Waals surface area contributed by atoms with E-state index in [-0.39, 0.29) is 34.0 Å². The Labute approximate surface area is 266 Å². The number of fused-ring (bicyclic) bond motifs is 2. The number of oxime groups is 1. The Bertz CT molecular complexity index is 1740. The molecule has 3 amide bonds. The fourth-order valence-electron chi connectivity index (χ4n) is 5.26. The monoisotopic (exact) mass is 656 g/mol. The average molecular weight is 657 g/mol. The molecule has 0 bridgehead atoms. The van der Waals surface area contributed by atoms with Gasteiger partial charge in [0.25, 0.3) is 17.5 Å². The molecular formula is C28H32N8O7S2. The number of carbonyl (C=O) groups is 4. The summed E-state index contributed by atoms with van der Waals surface area (Å²) in [7, 11) is 1.23. The molecule has 1 saturated heterocycles. The van der Waals surface area contributed by atoms with Crippen molar-refractivity contribution in [3.8, 4) is 0 Å². The molecule has 1 unspecified atom stereocenters. The van der Waals surface area contributed by atoms with E-state index in [0.29, 0.717) is 17.8 Å². The average Bonchev–Trinajstić information content (AvgIpc) is 3.63. The number of ether oxygens (including phenoxy) is 1. The number of thioether (sulfide) groups is 1. The zero-order valence-electron chi connectivity index (χ0n) is 25.4. The molecule has 3 aromatic heterocycles. The second-order valence-corrected chi connectivity index (χ2v) is 13.2. The first-order chi connectivity index (χ1) is 21.3. The fraction of sp³-hybridized carbons (Fsp3) is 0.429. The lowest BCUT2D eigenvalue weighted by molar-refractivity contribution is -0.510. The summed E-state index contributed by atoms with van der Waals surface area (Å²) < 4.78 is 12.9. The lowest BCUT2D eigenvalue weighted by Gasteiger charge is -2.58. The second-order valence-electron chi connectivity index (χ2n) is 11.2. The van der Waals surface area contributed by atoms with Crippen LogP contribution >= 0.6 is 23.3 Å². The third-order valence-electron chi connectivity index (χ3n) is 7.19. The maximum atomic E-state index is 13.9. The highest BCUT2D eigenvalue weighted by Gasteiger charge is 2.65. The Kier molecular flexibility index (Phi) is 8.59. The van der Waals surface area contributed by atoms with E-state index in [4.69, 9.17) is 9.57 Å². The summed E-state index contributed by atoms with van der Waals surface area (Å²) in [6, 6.07) is 5.53. The van der Waals surface area contributed by atoms with Gasteiger partial charge in [-0.1, -0.05) is 25.1 Å². The lowest BCUT2D eigenvalue weighted by Crippen LogP contribution is -2.80. The molecule has 45 heavy (non-hydrogen) atoms. The third-order valence-corrected chi connectivity index (χ3v) is 9.58. The van der Waals surface area contributed by atoms with Crippen LogP contribution in [0.2, 0.25) is 0 Å². The van der Waals surface area contributed by atoms with Crippen LogP contribution in [0.15, 0.2) is 47.6 Å². The highest BCUT2D eigenvalue weighted by atomic mass is 32.2. The Balaban J connectivity index is 1.45. The van der Waals surface area contributed by atoms with Crippen molar-refractivity contribution in [2.75, 3.05) is 12.4 Å². The topological polar surface area (TPSA) is 184 Å². The summed E-state index contributed by atoms with van der Waals surface area (Å²) in [4.78, 5) is 62.7. The van der Waals surface area contributed by atoms with Gasteiger partial charge in [-0.15, -0.1) is 11.8 Å². The molecule has 0 spiro atoms. The van der Waals surface area contributed by atoms with Crippen LogP contribution in [0.3, 0.4) is 0 Å². The van der Waals surface area contributed by atoms with Crippen LogP contribution in [0.25, 0.3) is 11.3 Å². The zero-order valence-corrected chi connectivity index (χ0v) is 27.0. The van der Waals surface area contributed by atoms with E-state index >= 15 is 0 Å². The van der Waals surface area contributed by atoms with Gasteiger partial charge in [-0.25, -0.2) is 9.20 Å². The highest BCUT2D eigenvalue weighted by Crippen LogP contribution is 2.52. The maximum Gasteiger partial charge on any atom is 0.414 e. The molecule has 1 fully saturated rings.